The van der Waals surface area contributed by atoms with Gasteiger partial charge in [-0.1, -0.05) is 60.6 Å². The van der Waals surface area contributed by atoms with Gasteiger partial charge in [0.25, 0.3) is 0 Å². The zero-order valence-electron chi connectivity index (χ0n) is 20.9. The highest BCUT2D eigenvalue weighted by atomic mass is 16.7. The van der Waals surface area contributed by atoms with Crippen LogP contribution < -0.4 is 9.74 Å². The molecule has 0 bridgehead atoms. The monoisotopic (exact) mass is 501 g/mol. The van der Waals surface area contributed by atoms with Gasteiger partial charge in [0.15, 0.2) is 5.82 Å². The summed E-state index contributed by atoms with van der Waals surface area (Å²) < 4.78 is 5.45. The molecule has 0 spiro atoms. The van der Waals surface area contributed by atoms with E-state index in [1.807, 2.05) is 61.2 Å². The minimum Gasteiger partial charge on any atom is -0.351 e. The number of piperidine rings is 1. The van der Waals surface area contributed by atoms with Gasteiger partial charge in [-0.3, -0.25) is 10.1 Å². The Labute approximate surface area is 213 Å². The van der Waals surface area contributed by atoms with Crippen molar-refractivity contribution < 1.29 is 14.3 Å². The Kier molecular flexibility index (Phi) is 6.76. The summed E-state index contributed by atoms with van der Waals surface area (Å²) in [5, 5.41) is 22.4. The molecule has 0 aliphatic carbocycles. The number of nitrogens with zero attached hydrogens (tertiary/aromatic N) is 7. The maximum atomic E-state index is 12.0. The molecule has 1 aliphatic rings. The number of benzene rings is 2. The zero-order chi connectivity index (χ0) is 25.9. The lowest BCUT2D eigenvalue weighted by molar-refractivity contribution is -0.385. The first-order valence-corrected chi connectivity index (χ1v) is 12.2. The summed E-state index contributed by atoms with van der Waals surface area (Å²) in [6.07, 6.45) is 2.67. The summed E-state index contributed by atoms with van der Waals surface area (Å²) in [4.78, 5) is 31.6. The van der Waals surface area contributed by atoms with E-state index in [9.17, 15) is 10.1 Å². The number of anilines is 1. The van der Waals surface area contributed by atoms with Crippen LogP contribution in [0.2, 0.25) is 0 Å². The number of oxime groups is 1. The van der Waals surface area contributed by atoms with Gasteiger partial charge >= 0.3 is 11.6 Å². The number of hydrogen-bond donors (Lipinski definition) is 0. The fourth-order valence-electron chi connectivity index (χ4n) is 4.38. The SMILES string of the molecule is C/C(=N/Oc1ncnc(N2CCC(c3nc(C(C)C)no3)CC2)c1[N+](=O)[O-])c1ccc2ccccc2c1. The number of aromatic nitrogens is 4. The highest BCUT2D eigenvalue weighted by Crippen LogP contribution is 2.37. The fraction of sp³-hybridized carbons (Fsp3) is 0.346. The molecule has 0 amide bonds. The normalized spacial score (nSPS) is 14.9. The summed E-state index contributed by atoms with van der Waals surface area (Å²) in [5.41, 5.74) is 1.11. The van der Waals surface area contributed by atoms with E-state index in [1.165, 1.54) is 6.33 Å². The van der Waals surface area contributed by atoms with E-state index in [4.69, 9.17) is 9.36 Å². The van der Waals surface area contributed by atoms with Crippen molar-refractivity contribution in [3.8, 4) is 5.88 Å². The molecular formula is C26H27N7O4. The van der Waals surface area contributed by atoms with Gasteiger partial charge in [-0.25, -0.2) is 4.98 Å². The van der Waals surface area contributed by atoms with Gasteiger partial charge in [-0.15, -0.1) is 0 Å². The molecule has 37 heavy (non-hydrogen) atoms. The highest BCUT2D eigenvalue weighted by Gasteiger charge is 2.33. The second kappa shape index (κ2) is 10.3. The predicted octanol–water partition coefficient (Wildman–Crippen LogP) is 5.23. The van der Waals surface area contributed by atoms with E-state index in [1.54, 1.807) is 6.92 Å². The van der Waals surface area contributed by atoms with Gasteiger partial charge in [-0.05, 0) is 42.2 Å². The van der Waals surface area contributed by atoms with Crippen LogP contribution in [-0.4, -0.2) is 43.8 Å². The highest BCUT2D eigenvalue weighted by molar-refractivity contribution is 6.01. The molecule has 0 radical (unpaired) electrons. The van der Waals surface area contributed by atoms with Gasteiger partial charge in [-0.2, -0.15) is 9.97 Å². The molecule has 0 unspecified atom stereocenters. The van der Waals surface area contributed by atoms with Gasteiger partial charge in [0.2, 0.25) is 11.7 Å². The van der Waals surface area contributed by atoms with E-state index in [2.05, 4.69) is 25.3 Å². The molecule has 0 saturated carbocycles. The molecule has 5 rings (SSSR count). The average Bonchev–Trinajstić information content (AvgIpc) is 3.42. The number of hydrogen-bond acceptors (Lipinski definition) is 10. The predicted molar refractivity (Wildman–Crippen MR) is 138 cm³/mol. The quantitative estimate of drug-likeness (QED) is 0.189. The third-order valence-electron chi connectivity index (χ3n) is 6.51. The molecule has 1 fully saturated rings. The second-order valence-electron chi connectivity index (χ2n) is 9.34. The lowest BCUT2D eigenvalue weighted by Gasteiger charge is -2.30. The van der Waals surface area contributed by atoms with E-state index in [-0.39, 0.29) is 29.2 Å². The Hall–Kier alpha value is -4.41. The van der Waals surface area contributed by atoms with Crippen LogP contribution in [-0.2, 0) is 0 Å². The molecule has 3 heterocycles. The minimum atomic E-state index is -0.523. The molecule has 1 saturated heterocycles. The molecule has 4 aromatic rings. The number of nitro groups is 1. The Bertz CT molecular complexity index is 1460. The summed E-state index contributed by atoms with van der Waals surface area (Å²) >= 11 is 0. The van der Waals surface area contributed by atoms with Crippen molar-refractivity contribution in [2.75, 3.05) is 18.0 Å². The van der Waals surface area contributed by atoms with Crippen LogP contribution in [0.5, 0.6) is 5.88 Å². The van der Waals surface area contributed by atoms with Crippen molar-refractivity contribution in [2.24, 2.45) is 5.16 Å². The van der Waals surface area contributed by atoms with E-state index in [0.29, 0.717) is 43.4 Å². The third kappa shape index (κ3) is 5.11. The lowest BCUT2D eigenvalue weighted by atomic mass is 9.96. The van der Waals surface area contributed by atoms with Crippen molar-refractivity contribution in [1.82, 2.24) is 20.1 Å². The Balaban J connectivity index is 1.33. The smallest absolute Gasteiger partial charge is 0.351 e. The second-order valence-corrected chi connectivity index (χ2v) is 9.34. The molecule has 11 nitrogen and oxygen atoms in total. The Morgan fingerprint density at radius 2 is 1.92 bits per heavy atom. The molecule has 1 aliphatic heterocycles. The van der Waals surface area contributed by atoms with Crippen molar-refractivity contribution in [3.63, 3.8) is 0 Å². The molecule has 0 atom stereocenters. The van der Waals surface area contributed by atoms with E-state index >= 15 is 0 Å². The van der Waals surface area contributed by atoms with Crippen molar-refractivity contribution in [1.29, 1.82) is 0 Å². The van der Waals surface area contributed by atoms with Gasteiger partial charge in [0, 0.05) is 24.9 Å². The number of rotatable bonds is 7. The summed E-state index contributed by atoms with van der Waals surface area (Å²) in [7, 11) is 0. The van der Waals surface area contributed by atoms with Crippen LogP contribution in [0.3, 0.4) is 0 Å². The average molecular weight is 502 g/mol. The molecule has 190 valence electrons. The standard InChI is InChI=1S/C26H27N7O4/c1-16(2)23-29-25(36-31-23)19-10-12-32(13-11-19)24-22(33(34)35)26(28-15-27-24)37-30-17(3)20-9-8-18-6-4-5-7-21(18)14-20/h4-9,14-16,19H,10-13H2,1-3H3/b30-17-. The molecule has 11 heteroatoms. The van der Waals surface area contributed by atoms with E-state index < -0.39 is 4.92 Å². The number of fused-ring (bicyclic) bond motifs is 1. The maximum Gasteiger partial charge on any atom is 0.375 e. The van der Waals surface area contributed by atoms with Gasteiger partial charge < -0.3 is 14.3 Å². The van der Waals surface area contributed by atoms with Gasteiger partial charge in [0.05, 0.1) is 10.6 Å². The summed E-state index contributed by atoms with van der Waals surface area (Å²) in [6.45, 7) is 6.89. The van der Waals surface area contributed by atoms with Crippen LogP contribution in [0.1, 0.15) is 62.7 Å². The molecular weight excluding hydrogens is 474 g/mol. The van der Waals surface area contributed by atoms with Gasteiger partial charge in [0.1, 0.15) is 6.33 Å². The van der Waals surface area contributed by atoms with Crippen molar-refractivity contribution in [3.05, 3.63) is 76.2 Å². The first-order valence-electron chi connectivity index (χ1n) is 12.2. The topological polar surface area (TPSA) is 133 Å². The largest absolute Gasteiger partial charge is 0.375 e. The maximum absolute atomic E-state index is 12.0. The summed E-state index contributed by atoms with van der Waals surface area (Å²) in [5.74, 6) is 1.60. The third-order valence-corrected chi connectivity index (χ3v) is 6.51. The van der Waals surface area contributed by atoms with Crippen molar-refractivity contribution in [2.45, 2.75) is 45.4 Å². The fourth-order valence-corrected chi connectivity index (χ4v) is 4.38. The van der Waals surface area contributed by atoms with Crippen LogP contribution in [0.4, 0.5) is 11.5 Å². The minimum absolute atomic E-state index is 0.0991. The Morgan fingerprint density at radius 3 is 2.62 bits per heavy atom. The first kappa shape index (κ1) is 24.3. The lowest BCUT2D eigenvalue weighted by Crippen LogP contribution is -2.34. The van der Waals surface area contributed by atoms with Crippen LogP contribution in [0.15, 0.2) is 58.5 Å². The van der Waals surface area contributed by atoms with E-state index in [0.717, 1.165) is 16.3 Å². The summed E-state index contributed by atoms with van der Waals surface area (Å²) in [6, 6.07) is 13.9. The Morgan fingerprint density at radius 1 is 1.16 bits per heavy atom. The van der Waals surface area contributed by atoms with Crippen LogP contribution in [0.25, 0.3) is 10.8 Å². The molecule has 0 N–H and O–H groups in total. The zero-order valence-corrected chi connectivity index (χ0v) is 20.9. The van der Waals surface area contributed by atoms with Crippen LogP contribution in [0, 0.1) is 10.1 Å². The van der Waals surface area contributed by atoms with Crippen molar-refractivity contribution >= 4 is 28.0 Å². The molecule has 2 aromatic heterocycles. The van der Waals surface area contributed by atoms with Crippen LogP contribution >= 0.6 is 0 Å². The molecule has 2 aromatic carbocycles. The first-order chi connectivity index (χ1) is 17.9.